The Hall–Kier alpha value is -4.35. The molecule has 0 aliphatic heterocycles. The van der Waals surface area contributed by atoms with Gasteiger partial charge in [0.1, 0.15) is 12.6 Å². The molecule has 1 N–H and O–H groups in total. The van der Waals surface area contributed by atoms with Crippen LogP contribution in [0, 0.1) is 13.8 Å². The van der Waals surface area contributed by atoms with Crippen LogP contribution in [0.25, 0.3) is 0 Å². The summed E-state index contributed by atoms with van der Waals surface area (Å²) in [7, 11) is -1.43. The van der Waals surface area contributed by atoms with Gasteiger partial charge in [0.05, 0.1) is 24.8 Å². The summed E-state index contributed by atoms with van der Waals surface area (Å²) in [5, 5.41) is 2.88. The van der Waals surface area contributed by atoms with Crippen LogP contribution in [0.5, 0.6) is 11.5 Å². The third kappa shape index (κ3) is 8.93. The first-order valence-corrected chi connectivity index (χ1v) is 17.4. The monoisotopic (exact) mass is 721 g/mol. The predicted molar refractivity (Wildman–Crippen MR) is 187 cm³/mol. The number of carbonyl (C=O) groups is 2. The molecule has 0 radical (unpaired) electrons. The van der Waals surface area contributed by atoms with Gasteiger partial charge in [-0.05, 0) is 79.4 Å². The Balaban J connectivity index is 1.84. The largest absolute Gasteiger partial charge is 0.493 e. The zero-order valence-electron chi connectivity index (χ0n) is 27.2. The van der Waals surface area contributed by atoms with Gasteiger partial charge >= 0.3 is 0 Å². The molecule has 4 aromatic rings. The molecule has 248 valence electrons. The zero-order valence-corrected chi connectivity index (χ0v) is 29.6. The maximum Gasteiger partial charge on any atom is 0.264 e. The number of aryl methyl sites for hydroxylation is 2. The molecule has 0 aliphatic carbocycles. The third-order valence-corrected chi connectivity index (χ3v) is 9.90. The van der Waals surface area contributed by atoms with Crippen LogP contribution < -0.4 is 19.1 Å². The van der Waals surface area contributed by atoms with Crippen molar-refractivity contribution in [3.63, 3.8) is 0 Å². The number of hydrogen-bond acceptors (Lipinski definition) is 6. The highest BCUT2D eigenvalue weighted by molar-refractivity contribution is 9.10. The van der Waals surface area contributed by atoms with Gasteiger partial charge in [-0.1, -0.05) is 64.5 Å². The molecule has 1 unspecified atom stereocenters. The van der Waals surface area contributed by atoms with Crippen LogP contribution in [0.15, 0.2) is 100 Å². The molecule has 0 aromatic heterocycles. The fourth-order valence-corrected chi connectivity index (χ4v) is 7.04. The van der Waals surface area contributed by atoms with E-state index in [4.69, 9.17) is 9.47 Å². The molecule has 0 saturated carbocycles. The van der Waals surface area contributed by atoms with Gasteiger partial charge in [0, 0.05) is 30.0 Å². The summed E-state index contributed by atoms with van der Waals surface area (Å²) in [5.41, 5.74) is 3.63. The summed E-state index contributed by atoms with van der Waals surface area (Å²) in [5.74, 6) is -0.269. The van der Waals surface area contributed by atoms with Gasteiger partial charge in [-0.15, -0.1) is 0 Å². The number of rotatable bonds is 14. The second kappa shape index (κ2) is 16.0. The molecule has 0 fully saturated rings. The summed E-state index contributed by atoms with van der Waals surface area (Å²) in [4.78, 5) is 29.7. The van der Waals surface area contributed by atoms with Gasteiger partial charge in [-0.2, -0.15) is 0 Å². The van der Waals surface area contributed by atoms with Gasteiger partial charge in [-0.25, -0.2) is 8.42 Å². The number of nitrogens with zero attached hydrogens (tertiary/aromatic N) is 2. The topological polar surface area (TPSA) is 105 Å². The van der Waals surface area contributed by atoms with E-state index in [-0.39, 0.29) is 29.5 Å². The second-order valence-electron chi connectivity index (χ2n) is 11.1. The van der Waals surface area contributed by atoms with Gasteiger partial charge < -0.3 is 19.7 Å². The van der Waals surface area contributed by atoms with Crippen molar-refractivity contribution in [2.24, 2.45) is 0 Å². The Morgan fingerprint density at radius 3 is 2.06 bits per heavy atom. The Kier molecular flexibility index (Phi) is 12.1. The van der Waals surface area contributed by atoms with E-state index < -0.39 is 28.5 Å². The highest BCUT2D eigenvalue weighted by atomic mass is 79.9. The predicted octanol–water partition coefficient (Wildman–Crippen LogP) is 6.05. The van der Waals surface area contributed by atoms with Crippen molar-refractivity contribution >= 4 is 43.5 Å². The highest BCUT2D eigenvalue weighted by Crippen LogP contribution is 2.33. The molecule has 4 rings (SSSR count). The summed E-state index contributed by atoms with van der Waals surface area (Å²) in [6.45, 7) is 5.44. The Morgan fingerprint density at radius 1 is 0.830 bits per heavy atom. The first-order valence-electron chi connectivity index (χ1n) is 15.2. The minimum Gasteiger partial charge on any atom is -0.493 e. The van der Waals surface area contributed by atoms with Crippen molar-refractivity contribution < 1.29 is 27.5 Å². The van der Waals surface area contributed by atoms with Crippen LogP contribution in [-0.2, 0) is 32.6 Å². The van der Waals surface area contributed by atoms with E-state index in [1.54, 1.807) is 12.1 Å². The van der Waals surface area contributed by atoms with Crippen molar-refractivity contribution in [3.8, 4) is 11.5 Å². The average Bonchev–Trinajstić information content (AvgIpc) is 3.05. The molecule has 4 aromatic carbocycles. The number of benzene rings is 4. The van der Waals surface area contributed by atoms with E-state index in [1.807, 2.05) is 81.4 Å². The standard InChI is InChI=1S/C36H40BrN3O6S/c1-6-38-36(42)32(21-27-10-8-7-9-11-27)39(23-28-12-14-29(37)15-13-28)35(41)24-40(30-19-25(2)18-26(3)20-30)47(43,44)31-16-17-33(45-4)34(22-31)46-5/h7-20,22,32H,6,21,23-24H2,1-5H3,(H,38,42). The first kappa shape index (κ1) is 35.5. The van der Waals surface area contributed by atoms with E-state index in [2.05, 4.69) is 21.2 Å². The number of anilines is 1. The van der Waals surface area contributed by atoms with Crippen molar-refractivity contribution in [3.05, 3.63) is 118 Å². The maximum atomic E-state index is 14.6. The van der Waals surface area contributed by atoms with Gasteiger partial charge in [0.15, 0.2) is 11.5 Å². The molecule has 9 nitrogen and oxygen atoms in total. The minimum atomic E-state index is -4.32. The number of carbonyl (C=O) groups excluding carboxylic acids is 2. The molecule has 47 heavy (non-hydrogen) atoms. The molecule has 0 aliphatic rings. The van der Waals surface area contributed by atoms with Gasteiger partial charge in [0.25, 0.3) is 10.0 Å². The van der Waals surface area contributed by atoms with Crippen LogP contribution in [0.4, 0.5) is 5.69 Å². The highest BCUT2D eigenvalue weighted by Gasteiger charge is 2.35. The number of ether oxygens (including phenoxy) is 2. The molecular formula is C36H40BrN3O6S. The zero-order chi connectivity index (χ0) is 34.1. The normalized spacial score (nSPS) is 11.8. The molecule has 0 bridgehead atoms. The Bertz CT molecular complexity index is 1780. The lowest BCUT2D eigenvalue weighted by Gasteiger charge is -2.34. The SMILES string of the molecule is CCNC(=O)C(Cc1ccccc1)N(Cc1ccc(Br)cc1)C(=O)CN(c1cc(C)cc(C)c1)S(=O)(=O)c1ccc(OC)c(OC)c1. The molecule has 2 amide bonds. The molecule has 1 atom stereocenters. The summed E-state index contributed by atoms with van der Waals surface area (Å²) < 4.78 is 41.6. The summed E-state index contributed by atoms with van der Waals surface area (Å²) in [6.07, 6.45) is 0.237. The quantitative estimate of drug-likeness (QED) is 0.170. The van der Waals surface area contributed by atoms with Crippen molar-refractivity contribution in [1.29, 1.82) is 0 Å². The number of nitrogens with one attached hydrogen (secondary N) is 1. The fourth-order valence-electron chi connectivity index (χ4n) is 5.36. The minimum absolute atomic E-state index is 0.0777. The lowest BCUT2D eigenvalue weighted by molar-refractivity contribution is -0.140. The number of likely N-dealkylation sites (N-methyl/N-ethyl adjacent to an activating group) is 1. The van der Waals surface area contributed by atoms with Gasteiger partial charge in [-0.3, -0.25) is 13.9 Å². The first-order chi connectivity index (χ1) is 22.5. The van der Waals surface area contributed by atoms with Crippen LogP contribution in [0.2, 0.25) is 0 Å². The van der Waals surface area contributed by atoms with Crippen LogP contribution in [0.1, 0.15) is 29.2 Å². The lowest BCUT2D eigenvalue weighted by Crippen LogP contribution is -2.53. The molecule has 0 spiro atoms. The third-order valence-electron chi connectivity index (χ3n) is 7.60. The van der Waals surface area contributed by atoms with Crippen molar-refractivity contribution in [2.45, 2.75) is 44.7 Å². The Morgan fingerprint density at radius 2 is 1.47 bits per heavy atom. The number of sulfonamides is 1. The maximum absolute atomic E-state index is 14.6. The van der Waals surface area contributed by atoms with Gasteiger partial charge in [0.2, 0.25) is 11.8 Å². The molecule has 0 heterocycles. The van der Waals surface area contributed by atoms with E-state index in [9.17, 15) is 18.0 Å². The van der Waals surface area contributed by atoms with Crippen LogP contribution >= 0.6 is 15.9 Å². The number of hydrogen-bond donors (Lipinski definition) is 1. The summed E-state index contributed by atoms with van der Waals surface area (Å²) >= 11 is 3.46. The molecule has 0 saturated heterocycles. The fraction of sp³-hybridized carbons (Fsp3) is 0.278. The lowest BCUT2D eigenvalue weighted by atomic mass is 10.0. The summed E-state index contributed by atoms with van der Waals surface area (Å²) in [6, 6.07) is 25.7. The van der Waals surface area contributed by atoms with E-state index in [1.165, 1.54) is 37.3 Å². The molecular weight excluding hydrogens is 682 g/mol. The van der Waals surface area contributed by atoms with E-state index >= 15 is 0 Å². The smallest absolute Gasteiger partial charge is 0.264 e. The Labute approximate surface area is 285 Å². The van der Waals surface area contributed by atoms with Crippen molar-refractivity contribution in [2.75, 3.05) is 31.6 Å². The van der Waals surface area contributed by atoms with E-state index in [0.717, 1.165) is 31.0 Å². The van der Waals surface area contributed by atoms with E-state index in [0.29, 0.717) is 18.0 Å². The number of halogens is 1. The van der Waals surface area contributed by atoms with Crippen LogP contribution in [-0.4, -0.2) is 58.5 Å². The molecule has 11 heteroatoms. The van der Waals surface area contributed by atoms with Crippen molar-refractivity contribution in [1.82, 2.24) is 10.2 Å². The van der Waals surface area contributed by atoms with Crippen LogP contribution in [0.3, 0.4) is 0 Å². The number of methoxy groups -OCH3 is 2. The average molecular weight is 723 g/mol. The second-order valence-corrected chi connectivity index (χ2v) is 13.9. The number of amides is 2.